The largest absolute Gasteiger partial charge is 0.502 e. The van der Waals surface area contributed by atoms with Crippen LogP contribution in [-0.2, 0) is 9.53 Å². The summed E-state index contributed by atoms with van der Waals surface area (Å²) >= 11 is 7.20. The van der Waals surface area contributed by atoms with Gasteiger partial charge in [-0.05, 0) is 37.6 Å². The fraction of sp³-hybridized carbons (Fsp3) is 0.269. The van der Waals surface area contributed by atoms with Gasteiger partial charge in [-0.3, -0.25) is 29.6 Å². The summed E-state index contributed by atoms with van der Waals surface area (Å²) in [6.07, 6.45) is 2.09. The van der Waals surface area contributed by atoms with E-state index in [2.05, 4.69) is 4.99 Å². The van der Waals surface area contributed by atoms with Gasteiger partial charge in [0.05, 0.1) is 45.4 Å². The number of benzene rings is 2. The number of esters is 1. The molecular weight excluding hydrogens is 580 g/mol. The van der Waals surface area contributed by atoms with Gasteiger partial charge in [0.25, 0.3) is 11.2 Å². The topological polar surface area (TPSA) is 176 Å². The number of aromatic nitrogens is 1. The van der Waals surface area contributed by atoms with Crippen molar-refractivity contribution in [2.24, 2.45) is 4.99 Å². The van der Waals surface area contributed by atoms with E-state index in [9.17, 15) is 34.9 Å². The highest BCUT2D eigenvalue weighted by molar-refractivity contribution is 7.07. The van der Waals surface area contributed by atoms with Gasteiger partial charge in [-0.15, -0.1) is 0 Å². The Labute approximate surface area is 240 Å². The number of rotatable bonds is 9. The summed E-state index contributed by atoms with van der Waals surface area (Å²) in [7, 11) is 1.43. The zero-order valence-electron chi connectivity index (χ0n) is 22.0. The smallest absolute Gasteiger partial charge is 0.338 e. The first-order valence-electron chi connectivity index (χ1n) is 12.2. The molecule has 4 rings (SSSR count). The monoisotopic (exact) mass is 602 g/mol. The molecule has 15 heteroatoms. The number of methoxy groups -OCH3 is 1. The number of non-ortho nitro benzene ring substituents is 1. The number of phenols is 1. The van der Waals surface area contributed by atoms with E-state index in [-0.39, 0.29) is 27.1 Å². The van der Waals surface area contributed by atoms with Crippen LogP contribution in [0, 0.1) is 20.2 Å². The van der Waals surface area contributed by atoms with Crippen molar-refractivity contribution in [1.29, 1.82) is 0 Å². The van der Waals surface area contributed by atoms with Crippen molar-refractivity contribution >= 4 is 46.4 Å². The van der Waals surface area contributed by atoms with E-state index >= 15 is 0 Å². The molecule has 0 saturated heterocycles. The van der Waals surface area contributed by atoms with E-state index in [1.54, 1.807) is 25.1 Å². The normalized spacial score (nSPS) is 14.8. The fourth-order valence-corrected chi connectivity index (χ4v) is 5.65. The van der Waals surface area contributed by atoms with Crippen molar-refractivity contribution in [3.05, 3.63) is 97.7 Å². The summed E-state index contributed by atoms with van der Waals surface area (Å²) < 4.78 is 12.1. The third kappa shape index (κ3) is 5.56. The molecule has 2 heterocycles. The first-order valence-corrected chi connectivity index (χ1v) is 13.4. The highest BCUT2D eigenvalue weighted by Gasteiger charge is 2.36. The van der Waals surface area contributed by atoms with Gasteiger partial charge in [0.2, 0.25) is 5.75 Å². The maximum atomic E-state index is 13.9. The second-order valence-corrected chi connectivity index (χ2v) is 10.2. The number of allylic oxidation sites excluding steroid dienone is 1. The van der Waals surface area contributed by atoms with E-state index in [0.29, 0.717) is 40.9 Å². The summed E-state index contributed by atoms with van der Waals surface area (Å²) in [5, 5.41) is 33.6. The number of hydrogen-bond donors (Lipinski definition) is 1. The van der Waals surface area contributed by atoms with Crippen LogP contribution in [0.2, 0.25) is 5.02 Å². The van der Waals surface area contributed by atoms with Crippen molar-refractivity contribution in [3.63, 3.8) is 0 Å². The molecule has 0 bridgehead atoms. The number of nitrogens with zero attached hydrogens (tertiary/aromatic N) is 4. The lowest BCUT2D eigenvalue weighted by Crippen LogP contribution is -2.40. The molecule has 0 amide bonds. The first-order chi connectivity index (χ1) is 19.5. The van der Waals surface area contributed by atoms with Gasteiger partial charge in [-0.25, -0.2) is 9.79 Å². The molecule has 1 N–H and O–H groups in total. The lowest BCUT2D eigenvalue weighted by atomic mass is 9.93. The van der Waals surface area contributed by atoms with Crippen molar-refractivity contribution in [2.75, 3.05) is 13.7 Å². The molecule has 1 aliphatic heterocycles. The van der Waals surface area contributed by atoms with Gasteiger partial charge in [0.1, 0.15) is 11.8 Å². The van der Waals surface area contributed by atoms with Crippen LogP contribution in [-0.4, -0.2) is 39.2 Å². The Bertz CT molecular complexity index is 1800. The quantitative estimate of drug-likeness (QED) is 0.217. The zero-order chi connectivity index (χ0) is 30.0. The van der Waals surface area contributed by atoms with Crippen molar-refractivity contribution < 1.29 is 29.2 Å². The van der Waals surface area contributed by atoms with Crippen molar-refractivity contribution in [3.8, 4) is 11.5 Å². The lowest BCUT2D eigenvalue weighted by Gasteiger charge is -2.27. The summed E-state index contributed by atoms with van der Waals surface area (Å²) in [6.45, 7) is 3.61. The Morgan fingerprint density at radius 1 is 1.22 bits per heavy atom. The molecule has 214 valence electrons. The van der Waals surface area contributed by atoms with E-state index in [1.165, 1.54) is 11.7 Å². The number of carbonyl (C=O) groups is 1. The van der Waals surface area contributed by atoms with Crippen LogP contribution in [0.5, 0.6) is 11.5 Å². The molecule has 1 atom stereocenters. The molecule has 1 aliphatic rings. The van der Waals surface area contributed by atoms with Crippen molar-refractivity contribution in [2.45, 2.75) is 32.7 Å². The maximum absolute atomic E-state index is 13.9. The molecule has 0 fully saturated rings. The van der Waals surface area contributed by atoms with Crippen LogP contribution in [0.4, 0.5) is 11.4 Å². The molecule has 41 heavy (non-hydrogen) atoms. The summed E-state index contributed by atoms with van der Waals surface area (Å²) in [6, 6.07) is 5.22. The Balaban J connectivity index is 2.09. The SMILES string of the molecule is CCCC1=C(C(=O)OCC)[C@@H](c2cc(Cl)ccc2OC)n2c(s/c(=C/c3cc([N+](=O)[O-])cc([N+](=O)[O-])c3O)c2=O)=N1. The number of halogens is 1. The van der Waals surface area contributed by atoms with Crippen LogP contribution in [0.15, 0.2) is 51.4 Å². The number of ether oxygens (including phenoxy) is 2. The molecule has 0 unspecified atom stereocenters. The minimum atomic E-state index is -1.07. The predicted octanol–water partition coefficient (Wildman–Crippen LogP) is 3.76. The highest BCUT2D eigenvalue weighted by Crippen LogP contribution is 2.38. The fourth-order valence-electron chi connectivity index (χ4n) is 4.46. The number of hydrogen-bond acceptors (Lipinski definition) is 11. The summed E-state index contributed by atoms with van der Waals surface area (Å²) in [4.78, 5) is 53.0. The summed E-state index contributed by atoms with van der Waals surface area (Å²) in [5.41, 5.74) is -1.65. The van der Waals surface area contributed by atoms with Crippen LogP contribution in [0.1, 0.15) is 43.9 Å². The van der Waals surface area contributed by atoms with Crippen molar-refractivity contribution in [1.82, 2.24) is 4.57 Å². The first kappa shape index (κ1) is 29.4. The Morgan fingerprint density at radius 3 is 2.56 bits per heavy atom. The molecule has 0 aliphatic carbocycles. The van der Waals surface area contributed by atoms with E-state index in [4.69, 9.17) is 21.1 Å². The Morgan fingerprint density at radius 2 is 1.95 bits per heavy atom. The molecule has 0 spiro atoms. The van der Waals surface area contributed by atoms with Gasteiger partial charge in [-0.2, -0.15) is 0 Å². The molecule has 1 aromatic heterocycles. The van der Waals surface area contributed by atoms with Crippen LogP contribution in [0.3, 0.4) is 0 Å². The van der Waals surface area contributed by atoms with Gasteiger partial charge in [0, 0.05) is 22.2 Å². The number of fused-ring (bicyclic) bond motifs is 1. The lowest BCUT2D eigenvalue weighted by molar-refractivity contribution is -0.394. The Kier molecular flexibility index (Phi) is 8.54. The van der Waals surface area contributed by atoms with Gasteiger partial charge < -0.3 is 14.6 Å². The van der Waals surface area contributed by atoms with Gasteiger partial charge in [-0.1, -0.05) is 36.3 Å². The van der Waals surface area contributed by atoms with Crippen LogP contribution in [0.25, 0.3) is 6.08 Å². The Hall–Kier alpha value is -4.56. The van der Waals surface area contributed by atoms with Gasteiger partial charge >= 0.3 is 11.7 Å². The second kappa shape index (κ2) is 11.9. The van der Waals surface area contributed by atoms with E-state index in [1.807, 2.05) is 6.92 Å². The standard InChI is InChI=1S/C26H23ClN4O9S/c1-4-6-17-21(25(34)40-5-2)22(16-11-14(27)7-8-19(16)39-3)29-24(33)20(41-26(29)28-17)10-13-9-15(30(35)36)12-18(23(13)32)31(37)38/h7-12,22,32H,4-6H2,1-3H3/b20-10+/t22-/m1/s1. The van der Waals surface area contributed by atoms with Crippen LogP contribution >= 0.6 is 22.9 Å². The predicted molar refractivity (Wildman–Crippen MR) is 149 cm³/mol. The number of phenolic OH excluding ortho intramolecular Hbond substituents is 1. The maximum Gasteiger partial charge on any atom is 0.338 e. The van der Waals surface area contributed by atoms with Crippen LogP contribution < -0.4 is 19.6 Å². The third-order valence-corrected chi connectivity index (χ3v) is 7.39. The minimum Gasteiger partial charge on any atom is -0.502 e. The van der Waals surface area contributed by atoms with E-state index in [0.717, 1.165) is 23.5 Å². The molecule has 3 aromatic rings. The average molecular weight is 603 g/mol. The second-order valence-electron chi connectivity index (χ2n) is 8.72. The average Bonchev–Trinajstić information content (AvgIpc) is 3.23. The van der Waals surface area contributed by atoms with E-state index < -0.39 is 44.5 Å². The molecule has 2 aromatic carbocycles. The third-order valence-electron chi connectivity index (χ3n) is 6.18. The number of aromatic hydroxyl groups is 1. The molecule has 0 saturated carbocycles. The van der Waals surface area contributed by atoms with Gasteiger partial charge in [0.15, 0.2) is 4.80 Å². The molecule has 0 radical (unpaired) electrons. The zero-order valence-corrected chi connectivity index (χ0v) is 23.5. The number of nitro groups is 2. The number of carbonyl (C=O) groups excluding carboxylic acids is 1. The number of thiazole rings is 1. The number of nitro benzene ring substituents is 2. The molecular formula is C26H23ClN4O9S. The minimum absolute atomic E-state index is 0.0548. The highest BCUT2D eigenvalue weighted by atomic mass is 35.5. The summed E-state index contributed by atoms with van der Waals surface area (Å²) in [5.74, 6) is -1.20. The molecule has 13 nitrogen and oxygen atoms in total.